The van der Waals surface area contributed by atoms with Crippen molar-refractivity contribution in [2.24, 2.45) is 0 Å². The predicted octanol–water partition coefficient (Wildman–Crippen LogP) is 2.00. The van der Waals surface area contributed by atoms with Crippen molar-refractivity contribution in [2.75, 3.05) is 20.6 Å². The topological polar surface area (TPSA) is 28.2 Å². The predicted molar refractivity (Wildman–Crippen MR) is 71.1 cm³/mol. The lowest BCUT2D eigenvalue weighted by molar-refractivity contribution is 0.184. The number of likely N-dealkylation sites (N-methyl/N-ethyl adjacent to an activating group) is 1. The summed E-state index contributed by atoms with van der Waals surface area (Å²) in [6.07, 6.45) is 4.23. The van der Waals surface area contributed by atoms with Crippen LogP contribution in [0.25, 0.3) is 0 Å². The standard InChI is InChI=1S/C14H23N3/c1-14(2,17(3)4)10-16-12-8-7-11-6-5-9-15-13(11)12/h5-6,9,12,16H,7-8,10H2,1-4H3. The molecule has 1 aromatic rings. The van der Waals surface area contributed by atoms with Crippen LogP contribution in [0.15, 0.2) is 18.3 Å². The Balaban J connectivity index is 1.99. The Morgan fingerprint density at radius 2 is 2.24 bits per heavy atom. The third-order valence-corrected chi connectivity index (χ3v) is 3.95. The van der Waals surface area contributed by atoms with Crippen LogP contribution in [0, 0.1) is 0 Å². The quantitative estimate of drug-likeness (QED) is 0.862. The zero-order chi connectivity index (χ0) is 12.5. The molecule has 0 saturated heterocycles. The van der Waals surface area contributed by atoms with Gasteiger partial charge < -0.3 is 10.2 Å². The SMILES string of the molecule is CN(C)C(C)(C)CNC1CCc2cccnc21. The van der Waals surface area contributed by atoms with Gasteiger partial charge in [0.2, 0.25) is 0 Å². The Hall–Kier alpha value is -0.930. The summed E-state index contributed by atoms with van der Waals surface area (Å²) in [4.78, 5) is 6.77. The molecular formula is C14H23N3. The van der Waals surface area contributed by atoms with E-state index in [1.807, 2.05) is 12.3 Å². The molecule has 1 aliphatic rings. The summed E-state index contributed by atoms with van der Waals surface area (Å²) in [6.45, 7) is 5.50. The number of aromatic nitrogens is 1. The van der Waals surface area contributed by atoms with E-state index in [9.17, 15) is 0 Å². The van der Waals surface area contributed by atoms with E-state index in [4.69, 9.17) is 0 Å². The second-order valence-electron chi connectivity index (χ2n) is 5.73. The van der Waals surface area contributed by atoms with E-state index in [0.29, 0.717) is 6.04 Å². The van der Waals surface area contributed by atoms with E-state index in [0.717, 1.165) is 13.0 Å². The van der Waals surface area contributed by atoms with Crippen LogP contribution in [0.4, 0.5) is 0 Å². The fraction of sp³-hybridized carbons (Fsp3) is 0.643. The highest BCUT2D eigenvalue weighted by Gasteiger charge is 2.26. The van der Waals surface area contributed by atoms with Gasteiger partial charge in [0.05, 0.1) is 11.7 Å². The molecule has 17 heavy (non-hydrogen) atoms. The van der Waals surface area contributed by atoms with Gasteiger partial charge in [-0.2, -0.15) is 0 Å². The Morgan fingerprint density at radius 1 is 1.47 bits per heavy atom. The summed E-state index contributed by atoms with van der Waals surface area (Å²) in [5.41, 5.74) is 2.84. The number of rotatable bonds is 4. The number of nitrogens with one attached hydrogen (secondary N) is 1. The molecule has 0 saturated carbocycles. The Bertz CT molecular complexity index is 385. The van der Waals surface area contributed by atoms with Gasteiger partial charge in [-0.3, -0.25) is 4.98 Å². The second-order valence-corrected chi connectivity index (χ2v) is 5.73. The summed E-state index contributed by atoms with van der Waals surface area (Å²) < 4.78 is 0. The van der Waals surface area contributed by atoms with Crippen LogP contribution in [-0.2, 0) is 6.42 Å². The average Bonchev–Trinajstić information content (AvgIpc) is 2.69. The molecule has 0 aliphatic heterocycles. The molecular weight excluding hydrogens is 210 g/mol. The van der Waals surface area contributed by atoms with Crippen LogP contribution in [0.3, 0.4) is 0 Å². The molecule has 1 N–H and O–H groups in total. The molecule has 0 aromatic carbocycles. The minimum atomic E-state index is 0.178. The maximum Gasteiger partial charge on any atom is 0.0605 e. The molecule has 3 nitrogen and oxygen atoms in total. The van der Waals surface area contributed by atoms with Crippen LogP contribution >= 0.6 is 0 Å². The zero-order valence-electron chi connectivity index (χ0n) is 11.3. The second kappa shape index (κ2) is 4.75. The molecule has 0 amide bonds. The first kappa shape index (κ1) is 12.5. The summed E-state index contributed by atoms with van der Waals surface area (Å²) in [5, 5.41) is 3.66. The highest BCUT2D eigenvalue weighted by molar-refractivity contribution is 5.27. The molecule has 0 radical (unpaired) electrons. The van der Waals surface area contributed by atoms with Crippen molar-refractivity contribution in [3.63, 3.8) is 0 Å². The fourth-order valence-electron chi connectivity index (χ4n) is 2.14. The van der Waals surface area contributed by atoms with Crippen LogP contribution in [0.1, 0.15) is 37.6 Å². The van der Waals surface area contributed by atoms with Gasteiger partial charge in [-0.25, -0.2) is 0 Å². The van der Waals surface area contributed by atoms with Crippen LogP contribution in [-0.4, -0.2) is 36.1 Å². The van der Waals surface area contributed by atoms with E-state index in [1.165, 1.54) is 17.7 Å². The Kier molecular flexibility index (Phi) is 3.50. The monoisotopic (exact) mass is 233 g/mol. The molecule has 2 rings (SSSR count). The van der Waals surface area contributed by atoms with Crippen molar-refractivity contribution < 1.29 is 0 Å². The number of hydrogen-bond donors (Lipinski definition) is 1. The molecule has 1 atom stereocenters. The summed E-state index contributed by atoms with van der Waals surface area (Å²) in [7, 11) is 4.26. The third kappa shape index (κ3) is 2.67. The van der Waals surface area contributed by atoms with E-state index >= 15 is 0 Å². The first-order valence-corrected chi connectivity index (χ1v) is 6.35. The van der Waals surface area contributed by atoms with Gasteiger partial charge in [0.15, 0.2) is 0 Å². The molecule has 1 aliphatic carbocycles. The molecule has 94 valence electrons. The maximum absolute atomic E-state index is 4.51. The van der Waals surface area contributed by atoms with Gasteiger partial charge in [0.25, 0.3) is 0 Å². The van der Waals surface area contributed by atoms with Gasteiger partial charge in [0.1, 0.15) is 0 Å². The Morgan fingerprint density at radius 3 is 2.94 bits per heavy atom. The highest BCUT2D eigenvalue weighted by Crippen LogP contribution is 2.29. The number of nitrogens with zero attached hydrogens (tertiary/aromatic N) is 2. The van der Waals surface area contributed by atoms with Crippen LogP contribution in [0.2, 0.25) is 0 Å². The first-order chi connectivity index (χ1) is 8.00. The lowest BCUT2D eigenvalue weighted by Gasteiger charge is -2.34. The first-order valence-electron chi connectivity index (χ1n) is 6.35. The number of pyridine rings is 1. The van der Waals surface area contributed by atoms with Crippen molar-refractivity contribution in [2.45, 2.75) is 38.3 Å². The molecule has 0 bridgehead atoms. The molecule has 1 aromatic heterocycles. The highest BCUT2D eigenvalue weighted by atomic mass is 15.2. The lowest BCUT2D eigenvalue weighted by Crippen LogP contribution is -2.47. The largest absolute Gasteiger partial charge is 0.307 e. The fourth-order valence-corrected chi connectivity index (χ4v) is 2.14. The molecule has 3 heteroatoms. The Labute approximate surface area is 104 Å². The smallest absolute Gasteiger partial charge is 0.0605 e. The van der Waals surface area contributed by atoms with E-state index in [2.05, 4.69) is 49.2 Å². The van der Waals surface area contributed by atoms with Crippen molar-refractivity contribution in [1.29, 1.82) is 0 Å². The summed E-state index contributed by atoms with van der Waals surface area (Å²) >= 11 is 0. The van der Waals surface area contributed by atoms with E-state index in [-0.39, 0.29) is 5.54 Å². The average molecular weight is 233 g/mol. The van der Waals surface area contributed by atoms with Crippen molar-refractivity contribution >= 4 is 0 Å². The molecule has 0 spiro atoms. The normalized spacial score (nSPS) is 19.7. The number of aryl methyl sites for hydroxylation is 1. The number of fused-ring (bicyclic) bond motifs is 1. The summed E-state index contributed by atoms with van der Waals surface area (Å²) in [6, 6.07) is 4.66. The molecule has 1 heterocycles. The van der Waals surface area contributed by atoms with Gasteiger partial charge in [0, 0.05) is 18.3 Å². The third-order valence-electron chi connectivity index (χ3n) is 3.95. The zero-order valence-corrected chi connectivity index (χ0v) is 11.3. The van der Waals surface area contributed by atoms with Crippen molar-refractivity contribution in [3.8, 4) is 0 Å². The van der Waals surface area contributed by atoms with Crippen molar-refractivity contribution in [1.82, 2.24) is 15.2 Å². The van der Waals surface area contributed by atoms with Gasteiger partial charge in [-0.1, -0.05) is 6.07 Å². The van der Waals surface area contributed by atoms with Crippen molar-refractivity contribution in [3.05, 3.63) is 29.6 Å². The van der Waals surface area contributed by atoms with Gasteiger partial charge in [-0.05, 0) is 52.4 Å². The van der Waals surface area contributed by atoms with Crippen LogP contribution in [0.5, 0.6) is 0 Å². The molecule has 1 unspecified atom stereocenters. The number of hydrogen-bond acceptors (Lipinski definition) is 3. The van der Waals surface area contributed by atoms with E-state index in [1.54, 1.807) is 0 Å². The minimum Gasteiger partial charge on any atom is -0.307 e. The summed E-state index contributed by atoms with van der Waals surface area (Å²) in [5.74, 6) is 0. The van der Waals surface area contributed by atoms with Gasteiger partial charge >= 0.3 is 0 Å². The maximum atomic E-state index is 4.51. The van der Waals surface area contributed by atoms with Gasteiger partial charge in [-0.15, -0.1) is 0 Å². The lowest BCUT2D eigenvalue weighted by atomic mass is 10.0. The van der Waals surface area contributed by atoms with E-state index < -0.39 is 0 Å². The van der Waals surface area contributed by atoms with Crippen LogP contribution < -0.4 is 5.32 Å². The molecule has 0 fully saturated rings. The minimum absolute atomic E-state index is 0.178.